The molecule has 0 aliphatic carbocycles. The lowest BCUT2D eigenvalue weighted by Gasteiger charge is -2.14. The Hall–Kier alpha value is -2.91. The molecule has 0 saturated carbocycles. The lowest BCUT2D eigenvalue weighted by molar-refractivity contribution is -0.114. The van der Waals surface area contributed by atoms with Crippen molar-refractivity contribution in [1.29, 1.82) is 0 Å². The summed E-state index contributed by atoms with van der Waals surface area (Å²) < 4.78 is 33.4. The van der Waals surface area contributed by atoms with Crippen LogP contribution in [0.25, 0.3) is 0 Å². The Morgan fingerprint density at radius 3 is 2.48 bits per heavy atom. The zero-order valence-corrected chi connectivity index (χ0v) is 16.8. The molecular formula is C20H23N3O5S. The van der Waals surface area contributed by atoms with E-state index in [4.69, 9.17) is 4.74 Å². The molecule has 2 aromatic rings. The highest BCUT2D eigenvalue weighted by atomic mass is 32.2. The third-order valence-electron chi connectivity index (χ3n) is 4.42. The van der Waals surface area contributed by atoms with E-state index in [9.17, 15) is 18.0 Å². The molecule has 1 aliphatic rings. The Morgan fingerprint density at radius 2 is 1.83 bits per heavy atom. The van der Waals surface area contributed by atoms with E-state index >= 15 is 0 Å². The van der Waals surface area contributed by atoms with Gasteiger partial charge in [-0.25, -0.2) is 8.42 Å². The Morgan fingerprint density at radius 1 is 1.10 bits per heavy atom. The fourth-order valence-electron chi connectivity index (χ4n) is 3.00. The maximum atomic E-state index is 12.7. The van der Waals surface area contributed by atoms with Crippen LogP contribution in [0.4, 0.5) is 11.4 Å². The van der Waals surface area contributed by atoms with Gasteiger partial charge in [-0.05, 0) is 49.2 Å². The van der Waals surface area contributed by atoms with Crippen LogP contribution in [0.2, 0.25) is 0 Å². The van der Waals surface area contributed by atoms with E-state index < -0.39 is 10.0 Å². The molecular weight excluding hydrogens is 394 g/mol. The number of hydrogen-bond donors (Lipinski definition) is 3. The van der Waals surface area contributed by atoms with Gasteiger partial charge in [0.2, 0.25) is 5.91 Å². The number of anilines is 2. The molecule has 1 heterocycles. The molecule has 2 aromatic carbocycles. The van der Waals surface area contributed by atoms with Crippen molar-refractivity contribution in [3.63, 3.8) is 0 Å². The van der Waals surface area contributed by atoms with Crippen molar-refractivity contribution in [3.8, 4) is 0 Å². The Labute approximate surface area is 169 Å². The van der Waals surface area contributed by atoms with Gasteiger partial charge in [-0.15, -0.1) is 0 Å². The maximum Gasteiger partial charge on any atom is 0.261 e. The number of nitrogens with one attached hydrogen (secondary N) is 3. The number of rotatable bonds is 7. The maximum absolute atomic E-state index is 12.7. The molecule has 0 aromatic heterocycles. The van der Waals surface area contributed by atoms with Gasteiger partial charge in [-0.2, -0.15) is 0 Å². The minimum absolute atomic E-state index is 0.00932. The number of carbonyl (C=O) groups excluding carboxylic acids is 2. The average molecular weight is 417 g/mol. The highest BCUT2D eigenvalue weighted by molar-refractivity contribution is 7.92. The average Bonchev–Trinajstić information content (AvgIpc) is 3.20. The summed E-state index contributed by atoms with van der Waals surface area (Å²) in [6, 6.07) is 12.2. The summed E-state index contributed by atoms with van der Waals surface area (Å²) in [5.74, 6) is -0.624. The van der Waals surface area contributed by atoms with Crippen LogP contribution in [-0.2, 0) is 19.6 Å². The fourth-order valence-corrected chi connectivity index (χ4v) is 4.08. The van der Waals surface area contributed by atoms with Crippen molar-refractivity contribution in [2.24, 2.45) is 0 Å². The number of sulfonamides is 1. The van der Waals surface area contributed by atoms with Crippen LogP contribution in [0.3, 0.4) is 0 Å². The van der Waals surface area contributed by atoms with Crippen LogP contribution in [-0.4, -0.2) is 39.5 Å². The van der Waals surface area contributed by atoms with Crippen LogP contribution >= 0.6 is 0 Å². The second kappa shape index (κ2) is 9.06. The summed E-state index contributed by atoms with van der Waals surface area (Å²) in [5, 5.41) is 5.37. The number of para-hydroxylation sites is 1. The van der Waals surface area contributed by atoms with Gasteiger partial charge in [0, 0.05) is 25.8 Å². The summed E-state index contributed by atoms with van der Waals surface area (Å²) in [4.78, 5) is 23.7. The third-order valence-corrected chi connectivity index (χ3v) is 5.80. The summed E-state index contributed by atoms with van der Waals surface area (Å²) in [6.45, 7) is 2.44. The van der Waals surface area contributed by atoms with Gasteiger partial charge >= 0.3 is 0 Å². The van der Waals surface area contributed by atoms with Gasteiger partial charge in [0.15, 0.2) is 0 Å². The first-order chi connectivity index (χ1) is 13.8. The van der Waals surface area contributed by atoms with E-state index in [0.717, 1.165) is 12.8 Å². The standard InChI is InChI=1S/C20H23N3O5S/c1-14(24)22-15-8-10-17(11-9-15)29(26,27)23-19-7-3-2-6-18(19)20(25)21-13-16-5-4-12-28-16/h2-3,6-11,16,23H,4-5,12-13H2,1H3,(H,21,25)(H,22,24)/t16-/m1/s1. The molecule has 1 aliphatic heterocycles. The highest BCUT2D eigenvalue weighted by Crippen LogP contribution is 2.21. The van der Waals surface area contributed by atoms with E-state index in [2.05, 4.69) is 15.4 Å². The molecule has 8 nitrogen and oxygen atoms in total. The molecule has 0 radical (unpaired) electrons. The predicted molar refractivity (Wildman–Crippen MR) is 109 cm³/mol. The van der Waals surface area contributed by atoms with Gasteiger partial charge in [0.1, 0.15) is 0 Å². The molecule has 29 heavy (non-hydrogen) atoms. The van der Waals surface area contributed by atoms with Crippen molar-refractivity contribution < 1.29 is 22.7 Å². The van der Waals surface area contributed by atoms with Crippen LogP contribution in [0, 0.1) is 0 Å². The Kier molecular flexibility index (Phi) is 6.50. The molecule has 0 bridgehead atoms. The van der Waals surface area contributed by atoms with Gasteiger partial charge in [0.25, 0.3) is 15.9 Å². The zero-order chi connectivity index (χ0) is 20.9. The molecule has 2 amide bonds. The van der Waals surface area contributed by atoms with Crippen LogP contribution in [0.15, 0.2) is 53.4 Å². The van der Waals surface area contributed by atoms with E-state index in [1.807, 2.05) is 0 Å². The van der Waals surface area contributed by atoms with Crippen LogP contribution < -0.4 is 15.4 Å². The molecule has 3 N–H and O–H groups in total. The largest absolute Gasteiger partial charge is 0.376 e. The third kappa shape index (κ3) is 5.55. The molecule has 0 spiro atoms. The Bertz CT molecular complexity index is 983. The van der Waals surface area contributed by atoms with Gasteiger partial charge in [-0.3, -0.25) is 14.3 Å². The van der Waals surface area contributed by atoms with Crippen LogP contribution in [0.5, 0.6) is 0 Å². The zero-order valence-electron chi connectivity index (χ0n) is 16.0. The number of amides is 2. The minimum atomic E-state index is -3.91. The van der Waals surface area contributed by atoms with E-state index in [0.29, 0.717) is 18.8 Å². The second-order valence-electron chi connectivity index (χ2n) is 6.70. The summed E-state index contributed by atoms with van der Waals surface area (Å²) in [6.07, 6.45) is 1.85. The monoisotopic (exact) mass is 417 g/mol. The SMILES string of the molecule is CC(=O)Nc1ccc(S(=O)(=O)Nc2ccccc2C(=O)NC[C@H]2CCCO2)cc1. The summed E-state index contributed by atoms with van der Waals surface area (Å²) in [5.41, 5.74) is 0.901. The van der Waals surface area contributed by atoms with Crippen molar-refractivity contribution in [1.82, 2.24) is 5.32 Å². The lowest BCUT2D eigenvalue weighted by Crippen LogP contribution is -2.32. The minimum Gasteiger partial charge on any atom is -0.376 e. The summed E-state index contributed by atoms with van der Waals surface area (Å²) >= 11 is 0. The number of carbonyl (C=O) groups is 2. The number of benzene rings is 2. The van der Waals surface area contributed by atoms with Gasteiger partial charge in [0.05, 0.1) is 22.3 Å². The van der Waals surface area contributed by atoms with Gasteiger partial charge < -0.3 is 15.4 Å². The van der Waals surface area contributed by atoms with E-state index in [1.54, 1.807) is 18.2 Å². The predicted octanol–water partition coefficient (Wildman–Crippen LogP) is 2.35. The van der Waals surface area contributed by atoms with Crippen molar-refractivity contribution >= 4 is 33.2 Å². The smallest absolute Gasteiger partial charge is 0.261 e. The van der Waals surface area contributed by atoms with Crippen molar-refractivity contribution in [2.75, 3.05) is 23.2 Å². The van der Waals surface area contributed by atoms with E-state index in [1.165, 1.54) is 37.3 Å². The summed E-state index contributed by atoms with van der Waals surface area (Å²) in [7, 11) is -3.91. The lowest BCUT2D eigenvalue weighted by atomic mass is 10.1. The quantitative estimate of drug-likeness (QED) is 0.640. The highest BCUT2D eigenvalue weighted by Gasteiger charge is 2.20. The molecule has 3 rings (SSSR count). The molecule has 1 fully saturated rings. The fraction of sp³-hybridized carbons (Fsp3) is 0.300. The molecule has 1 saturated heterocycles. The van der Waals surface area contributed by atoms with Gasteiger partial charge in [-0.1, -0.05) is 12.1 Å². The van der Waals surface area contributed by atoms with Crippen molar-refractivity contribution in [3.05, 3.63) is 54.1 Å². The molecule has 9 heteroatoms. The molecule has 0 unspecified atom stereocenters. The number of ether oxygens (including phenoxy) is 1. The first kappa shape index (κ1) is 20.8. The molecule has 1 atom stereocenters. The first-order valence-electron chi connectivity index (χ1n) is 9.24. The van der Waals surface area contributed by atoms with E-state index in [-0.39, 0.29) is 34.1 Å². The topological polar surface area (TPSA) is 114 Å². The Balaban J connectivity index is 1.73. The van der Waals surface area contributed by atoms with Crippen molar-refractivity contribution in [2.45, 2.75) is 30.8 Å². The first-order valence-corrected chi connectivity index (χ1v) is 10.7. The normalized spacial score (nSPS) is 16.2. The molecule has 154 valence electrons. The second-order valence-corrected chi connectivity index (χ2v) is 8.38. The number of hydrogen-bond acceptors (Lipinski definition) is 5. The van der Waals surface area contributed by atoms with Crippen LogP contribution in [0.1, 0.15) is 30.1 Å².